The predicted molar refractivity (Wildman–Crippen MR) is 99.5 cm³/mol. The summed E-state index contributed by atoms with van der Waals surface area (Å²) in [5, 5.41) is 5.37. The van der Waals surface area contributed by atoms with E-state index in [2.05, 4.69) is 10.6 Å². The summed E-state index contributed by atoms with van der Waals surface area (Å²) in [6.45, 7) is 0.877. The van der Waals surface area contributed by atoms with E-state index in [0.29, 0.717) is 35.9 Å². The van der Waals surface area contributed by atoms with Gasteiger partial charge in [-0.1, -0.05) is 18.2 Å². The lowest BCUT2D eigenvalue weighted by Crippen LogP contribution is -2.37. The molecule has 0 fully saturated rings. The SMILES string of the molecule is COc1ccccc1OCCNC(=O)NCc1ccc(N(C)C)c(F)c1. The molecule has 2 amide bonds. The molecule has 0 bridgehead atoms. The molecular weight excluding hydrogens is 337 g/mol. The average molecular weight is 361 g/mol. The minimum Gasteiger partial charge on any atom is -0.493 e. The van der Waals surface area contributed by atoms with Crippen molar-refractivity contribution in [3.05, 3.63) is 53.8 Å². The van der Waals surface area contributed by atoms with Gasteiger partial charge in [0.15, 0.2) is 11.5 Å². The van der Waals surface area contributed by atoms with Crippen molar-refractivity contribution < 1.29 is 18.7 Å². The first kappa shape index (κ1) is 19.4. The van der Waals surface area contributed by atoms with Crippen LogP contribution < -0.4 is 25.0 Å². The zero-order valence-corrected chi connectivity index (χ0v) is 15.2. The molecule has 7 heteroatoms. The second-order valence-electron chi connectivity index (χ2n) is 5.79. The van der Waals surface area contributed by atoms with E-state index >= 15 is 0 Å². The fourth-order valence-corrected chi connectivity index (χ4v) is 2.33. The number of hydrogen-bond donors (Lipinski definition) is 2. The lowest BCUT2D eigenvalue weighted by molar-refractivity contribution is 0.235. The molecule has 2 aromatic rings. The number of amides is 2. The van der Waals surface area contributed by atoms with Crippen molar-refractivity contribution >= 4 is 11.7 Å². The van der Waals surface area contributed by atoms with E-state index in [-0.39, 0.29) is 18.4 Å². The summed E-state index contributed by atoms with van der Waals surface area (Å²) in [7, 11) is 5.12. The topological polar surface area (TPSA) is 62.8 Å². The van der Waals surface area contributed by atoms with E-state index in [4.69, 9.17) is 9.47 Å². The second-order valence-corrected chi connectivity index (χ2v) is 5.79. The van der Waals surface area contributed by atoms with Gasteiger partial charge in [0.1, 0.15) is 12.4 Å². The second kappa shape index (κ2) is 9.50. The highest BCUT2D eigenvalue weighted by atomic mass is 19.1. The van der Waals surface area contributed by atoms with Gasteiger partial charge in [-0.3, -0.25) is 0 Å². The van der Waals surface area contributed by atoms with Gasteiger partial charge >= 0.3 is 6.03 Å². The molecule has 0 saturated heterocycles. The first-order valence-electron chi connectivity index (χ1n) is 8.24. The van der Waals surface area contributed by atoms with Gasteiger partial charge in [0, 0.05) is 20.6 Å². The van der Waals surface area contributed by atoms with Crippen LogP contribution in [-0.2, 0) is 6.54 Å². The molecule has 0 heterocycles. The number of nitrogens with one attached hydrogen (secondary N) is 2. The largest absolute Gasteiger partial charge is 0.493 e. The lowest BCUT2D eigenvalue weighted by Gasteiger charge is -2.14. The number of benzene rings is 2. The van der Waals surface area contributed by atoms with Crippen LogP contribution in [0.3, 0.4) is 0 Å². The van der Waals surface area contributed by atoms with Crippen LogP contribution in [0.1, 0.15) is 5.56 Å². The van der Waals surface area contributed by atoms with E-state index < -0.39 is 0 Å². The zero-order valence-electron chi connectivity index (χ0n) is 15.2. The Bertz CT molecular complexity index is 738. The third-order valence-electron chi connectivity index (χ3n) is 3.66. The Morgan fingerprint density at radius 3 is 2.50 bits per heavy atom. The van der Waals surface area contributed by atoms with Crippen molar-refractivity contribution in [2.45, 2.75) is 6.54 Å². The van der Waals surface area contributed by atoms with Crippen molar-refractivity contribution in [1.29, 1.82) is 0 Å². The maximum absolute atomic E-state index is 13.9. The van der Waals surface area contributed by atoms with Gasteiger partial charge in [0.05, 0.1) is 19.3 Å². The molecule has 2 aromatic carbocycles. The van der Waals surface area contributed by atoms with E-state index in [1.165, 1.54) is 6.07 Å². The number of nitrogens with zero attached hydrogens (tertiary/aromatic N) is 1. The number of anilines is 1. The molecule has 0 radical (unpaired) electrons. The minimum absolute atomic E-state index is 0.240. The van der Waals surface area contributed by atoms with Crippen molar-refractivity contribution in [3.63, 3.8) is 0 Å². The zero-order chi connectivity index (χ0) is 18.9. The molecule has 0 saturated carbocycles. The molecule has 0 aromatic heterocycles. The summed E-state index contributed by atoms with van der Waals surface area (Å²) in [6, 6.07) is 11.8. The third-order valence-corrected chi connectivity index (χ3v) is 3.66. The van der Waals surface area contributed by atoms with Crippen molar-refractivity contribution in [2.24, 2.45) is 0 Å². The van der Waals surface area contributed by atoms with Crippen LogP contribution >= 0.6 is 0 Å². The van der Waals surface area contributed by atoms with Crippen LogP contribution in [0.5, 0.6) is 11.5 Å². The van der Waals surface area contributed by atoms with Crippen LogP contribution in [0, 0.1) is 5.82 Å². The fourth-order valence-electron chi connectivity index (χ4n) is 2.33. The predicted octanol–water partition coefficient (Wildman–Crippen LogP) is 2.78. The standard InChI is InChI=1S/C19H24FN3O3/c1-23(2)16-9-8-14(12-15(16)20)13-22-19(24)21-10-11-26-18-7-5-4-6-17(18)25-3/h4-9,12H,10-11,13H2,1-3H3,(H2,21,22,24). The summed E-state index contributed by atoms with van der Waals surface area (Å²) < 4.78 is 24.7. The van der Waals surface area contributed by atoms with Gasteiger partial charge in [0.25, 0.3) is 0 Å². The number of rotatable bonds is 8. The van der Waals surface area contributed by atoms with Gasteiger partial charge in [-0.15, -0.1) is 0 Å². The molecule has 0 aliphatic rings. The Kier molecular flexibility index (Phi) is 7.08. The van der Waals surface area contributed by atoms with Gasteiger partial charge < -0.3 is 25.0 Å². The van der Waals surface area contributed by atoms with Gasteiger partial charge in [-0.25, -0.2) is 9.18 Å². The number of halogens is 1. The highest BCUT2D eigenvalue weighted by Crippen LogP contribution is 2.25. The summed E-state index contributed by atoms with van der Waals surface area (Å²) in [5.41, 5.74) is 1.19. The van der Waals surface area contributed by atoms with Crippen LogP contribution in [0.2, 0.25) is 0 Å². The first-order chi connectivity index (χ1) is 12.5. The smallest absolute Gasteiger partial charge is 0.315 e. The minimum atomic E-state index is -0.342. The van der Waals surface area contributed by atoms with Crippen LogP contribution in [0.15, 0.2) is 42.5 Å². The van der Waals surface area contributed by atoms with Gasteiger partial charge in [-0.2, -0.15) is 0 Å². The van der Waals surface area contributed by atoms with E-state index in [9.17, 15) is 9.18 Å². The normalized spacial score (nSPS) is 10.2. The molecule has 2 rings (SSSR count). The molecule has 0 aliphatic carbocycles. The molecule has 0 aliphatic heterocycles. The summed E-state index contributed by atoms with van der Waals surface area (Å²) in [4.78, 5) is 13.5. The Morgan fingerprint density at radius 1 is 1.12 bits per heavy atom. The van der Waals surface area contributed by atoms with Gasteiger partial charge in [0.2, 0.25) is 0 Å². The number of methoxy groups -OCH3 is 1. The molecular formula is C19H24FN3O3. The average Bonchev–Trinajstić information content (AvgIpc) is 2.63. The molecule has 6 nitrogen and oxygen atoms in total. The molecule has 140 valence electrons. The van der Waals surface area contributed by atoms with E-state index in [1.807, 2.05) is 12.1 Å². The fraction of sp³-hybridized carbons (Fsp3) is 0.316. The first-order valence-corrected chi connectivity index (χ1v) is 8.24. The van der Waals surface area contributed by atoms with Crippen LogP contribution in [-0.4, -0.2) is 40.4 Å². The summed E-state index contributed by atoms with van der Waals surface area (Å²) in [5.74, 6) is 0.939. The Balaban J connectivity index is 1.71. The number of carbonyl (C=O) groups is 1. The highest BCUT2D eigenvalue weighted by molar-refractivity contribution is 5.73. The number of hydrogen-bond acceptors (Lipinski definition) is 4. The highest BCUT2D eigenvalue weighted by Gasteiger charge is 2.07. The van der Waals surface area contributed by atoms with E-state index in [0.717, 1.165) is 0 Å². The number of urea groups is 1. The van der Waals surface area contributed by atoms with E-state index in [1.54, 1.807) is 50.4 Å². The van der Waals surface area contributed by atoms with Crippen molar-refractivity contribution in [3.8, 4) is 11.5 Å². The monoisotopic (exact) mass is 361 g/mol. The Hall–Kier alpha value is -2.96. The summed E-state index contributed by atoms with van der Waals surface area (Å²) in [6.07, 6.45) is 0. The van der Waals surface area contributed by atoms with Crippen LogP contribution in [0.4, 0.5) is 14.9 Å². The number of carbonyl (C=O) groups excluding carboxylic acids is 1. The quantitative estimate of drug-likeness (QED) is 0.710. The molecule has 26 heavy (non-hydrogen) atoms. The number of para-hydroxylation sites is 2. The Morgan fingerprint density at radius 2 is 1.85 bits per heavy atom. The van der Waals surface area contributed by atoms with Gasteiger partial charge in [-0.05, 0) is 29.8 Å². The molecule has 2 N–H and O–H groups in total. The van der Waals surface area contributed by atoms with Crippen LogP contribution in [0.25, 0.3) is 0 Å². The molecule has 0 spiro atoms. The molecule has 0 unspecified atom stereocenters. The number of ether oxygens (including phenoxy) is 2. The Labute approximate surface area is 152 Å². The lowest BCUT2D eigenvalue weighted by atomic mass is 10.2. The van der Waals surface area contributed by atoms with Crippen molar-refractivity contribution in [1.82, 2.24) is 10.6 Å². The summed E-state index contributed by atoms with van der Waals surface area (Å²) >= 11 is 0. The maximum atomic E-state index is 13.9. The van der Waals surface area contributed by atoms with Crippen molar-refractivity contribution in [2.75, 3.05) is 39.3 Å². The third kappa shape index (κ3) is 5.54. The molecule has 0 atom stereocenters. The maximum Gasteiger partial charge on any atom is 0.315 e.